The third kappa shape index (κ3) is 3.92. The molecule has 7 heteroatoms. The molecule has 1 amide bonds. The Bertz CT molecular complexity index is 1050. The second-order valence-electron chi connectivity index (χ2n) is 8.25. The molecule has 1 aromatic heterocycles. The van der Waals surface area contributed by atoms with E-state index in [1.807, 2.05) is 35.2 Å². The molecule has 2 heterocycles. The molecular formula is C24H24FN3O3. The van der Waals surface area contributed by atoms with E-state index in [2.05, 4.69) is 10.1 Å². The van der Waals surface area contributed by atoms with Crippen LogP contribution in [0.3, 0.4) is 0 Å². The maximum Gasteiger partial charge on any atom is 0.264 e. The molecule has 5 rings (SSSR count). The molecule has 0 N–H and O–H groups in total. The normalized spacial score (nSPS) is 19.8. The number of rotatable bonds is 6. The van der Waals surface area contributed by atoms with Crippen LogP contribution in [0.15, 0.2) is 59.1 Å². The lowest BCUT2D eigenvalue weighted by molar-refractivity contribution is -0.138. The van der Waals surface area contributed by atoms with Gasteiger partial charge in [0.05, 0.1) is 11.5 Å². The molecule has 1 atom stereocenters. The third-order valence-corrected chi connectivity index (χ3v) is 6.21. The van der Waals surface area contributed by atoms with Crippen molar-refractivity contribution in [2.24, 2.45) is 0 Å². The van der Waals surface area contributed by atoms with E-state index in [1.54, 1.807) is 12.1 Å². The SMILES string of the molecule is O=C(N1CCCCC1c1noc(COc2ccc(F)cc2)n1)C1(c2ccccc2)CC1. The quantitative estimate of drug-likeness (QED) is 0.583. The van der Waals surface area contributed by atoms with Gasteiger partial charge in [-0.1, -0.05) is 35.5 Å². The minimum Gasteiger partial charge on any atom is -0.484 e. The van der Waals surface area contributed by atoms with Crippen LogP contribution in [0.4, 0.5) is 4.39 Å². The molecule has 1 aliphatic heterocycles. The number of hydrogen-bond donors (Lipinski definition) is 0. The Hall–Kier alpha value is -3.22. The number of likely N-dealkylation sites (tertiary alicyclic amines) is 1. The lowest BCUT2D eigenvalue weighted by Gasteiger charge is -2.36. The first kappa shape index (κ1) is 19.7. The minimum atomic E-state index is -0.408. The number of carbonyl (C=O) groups is 1. The number of ether oxygens (including phenoxy) is 1. The number of carbonyl (C=O) groups excluding carboxylic acids is 1. The van der Waals surface area contributed by atoms with E-state index in [9.17, 15) is 9.18 Å². The van der Waals surface area contributed by atoms with Gasteiger partial charge in [0, 0.05) is 6.54 Å². The Morgan fingerprint density at radius 2 is 1.90 bits per heavy atom. The van der Waals surface area contributed by atoms with Gasteiger partial charge >= 0.3 is 0 Å². The number of amides is 1. The van der Waals surface area contributed by atoms with Crippen molar-refractivity contribution in [2.45, 2.75) is 50.2 Å². The summed E-state index contributed by atoms with van der Waals surface area (Å²) >= 11 is 0. The van der Waals surface area contributed by atoms with Crippen molar-refractivity contribution >= 4 is 5.91 Å². The fraction of sp³-hybridized carbons (Fsp3) is 0.375. The lowest BCUT2D eigenvalue weighted by Crippen LogP contribution is -2.44. The Morgan fingerprint density at radius 3 is 2.65 bits per heavy atom. The monoisotopic (exact) mass is 421 g/mol. The van der Waals surface area contributed by atoms with E-state index >= 15 is 0 Å². The first-order chi connectivity index (χ1) is 15.2. The van der Waals surface area contributed by atoms with Gasteiger partial charge in [0.15, 0.2) is 12.4 Å². The molecule has 31 heavy (non-hydrogen) atoms. The zero-order valence-corrected chi connectivity index (χ0v) is 17.2. The fourth-order valence-corrected chi connectivity index (χ4v) is 4.36. The third-order valence-electron chi connectivity index (χ3n) is 6.21. The number of piperidine rings is 1. The Balaban J connectivity index is 1.31. The van der Waals surface area contributed by atoms with E-state index < -0.39 is 5.41 Å². The van der Waals surface area contributed by atoms with E-state index in [-0.39, 0.29) is 24.4 Å². The van der Waals surface area contributed by atoms with Gasteiger partial charge in [0.25, 0.3) is 5.89 Å². The summed E-state index contributed by atoms with van der Waals surface area (Å²) < 4.78 is 24.0. The predicted octanol–water partition coefficient (Wildman–Crippen LogP) is 4.57. The van der Waals surface area contributed by atoms with Crippen LogP contribution < -0.4 is 4.74 Å². The largest absolute Gasteiger partial charge is 0.484 e. The van der Waals surface area contributed by atoms with Crippen molar-refractivity contribution in [1.82, 2.24) is 15.0 Å². The fourth-order valence-electron chi connectivity index (χ4n) is 4.36. The van der Waals surface area contributed by atoms with Crippen LogP contribution in [0.1, 0.15) is 55.4 Å². The molecule has 0 spiro atoms. The van der Waals surface area contributed by atoms with Gasteiger partial charge in [0.2, 0.25) is 5.91 Å². The second-order valence-corrected chi connectivity index (χ2v) is 8.25. The summed E-state index contributed by atoms with van der Waals surface area (Å²) in [6.45, 7) is 0.793. The van der Waals surface area contributed by atoms with Crippen molar-refractivity contribution < 1.29 is 18.4 Å². The standard InChI is InChI=1S/C24H24FN3O3/c25-18-9-11-19(12-10-18)30-16-21-26-22(27-31-21)20-8-4-5-15-28(20)23(29)24(13-14-24)17-6-2-1-3-7-17/h1-3,6-7,9-12,20H,4-5,8,13-16H2. The number of benzene rings is 2. The zero-order chi connectivity index (χ0) is 21.3. The molecule has 160 valence electrons. The highest BCUT2D eigenvalue weighted by molar-refractivity contribution is 5.91. The van der Waals surface area contributed by atoms with E-state index in [0.29, 0.717) is 24.0 Å². The second kappa shape index (κ2) is 8.13. The summed E-state index contributed by atoms with van der Waals surface area (Å²) in [5.41, 5.74) is 0.681. The van der Waals surface area contributed by atoms with Crippen LogP contribution in [0.5, 0.6) is 5.75 Å². The van der Waals surface area contributed by atoms with Gasteiger partial charge in [-0.3, -0.25) is 4.79 Å². The average molecular weight is 421 g/mol. The first-order valence-electron chi connectivity index (χ1n) is 10.7. The smallest absolute Gasteiger partial charge is 0.264 e. The van der Waals surface area contributed by atoms with Crippen molar-refractivity contribution in [3.05, 3.63) is 77.7 Å². The summed E-state index contributed by atoms with van der Waals surface area (Å²) in [5, 5.41) is 4.15. The van der Waals surface area contributed by atoms with Crippen LogP contribution in [0, 0.1) is 5.82 Å². The zero-order valence-electron chi connectivity index (χ0n) is 17.2. The summed E-state index contributed by atoms with van der Waals surface area (Å²) in [7, 11) is 0. The summed E-state index contributed by atoms with van der Waals surface area (Å²) in [6, 6.07) is 15.6. The van der Waals surface area contributed by atoms with Crippen LogP contribution in [-0.2, 0) is 16.8 Å². The highest BCUT2D eigenvalue weighted by Gasteiger charge is 2.54. The number of nitrogens with zero attached hydrogens (tertiary/aromatic N) is 3. The molecule has 0 radical (unpaired) electrons. The summed E-state index contributed by atoms with van der Waals surface area (Å²) in [5.74, 6) is 1.22. The molecule has 2 aromatic carbocycles. The molecule has 3 aromatic rings. The van der Waals surface area contributed by atoms with Gasteiger partial charge in [-0.2, -0.15) is 4.98 Å². The molecule has 1 unspecified atom stereocenters. The molecule has 6 nitrogen and oxygen atoms in total. The van der Waals surface area contributed by atoms with Crippen molar-refractivity contribution in [2.75, 3.05) is 6.54 Å². The molecule has 2 fully saturated rings. The highest BCUT2D eigenvalue weighted by atomic mass is 19.1. The molecule has 1 aliphatic carbocycles. The van der Waals surface area contributed by atoms with Crippen LogP contribution in [0.2, 0.25) is 0 Å². The minimum absolute atomic E-state index is 0.0905. The van der Waals surface area contributed by atoms with Crippen molar-refractivity contribution in [1.29, 1.82) is 0 Å². The van der Waals surface area contributed by atoms with E-state index in [0.717, 1.165) is 37.7 Å². The maximum absolute atomic E-state index is 13.6. The Morgan fingerprint density at radius 1 is 1.13 bits per heavy atom. The van der Waals surface area contributed by atoms with Gasteiger partial charge in [-0.15, -0.1) is 0 Å². The van der Waals surface area contributed by atoms with Gasteiger partial charge in [-0.25, -0.2) is 4.39 Å². The number of hydrogen-bond acceptors (Lipinski definition) is 5. The van der Waals surface area contributed by atoms with Crippen LogP contribution in [0.25, 0.3) is 0 Å². The lowest BCUT2D eigenvalue weighted by atomic mass is 9.91. The van der Waals surface area contributed by atoms with Crippen LogP contribution >= 0.6 is 0 Å². The molecule has 2 aliphatic rings. The average Bonchev–Trinajstić information content (AvgIpc) is 3.50. The van der Waals surface area contributed by atoms with Crippen molar-refractivity contribution in [3.8, 4) is 5.75 Å². The van der Waals surface area contributed by atoms with Gasteiger partial charge in [-0.05, 0) is 61.9 Å². The number of halogens is 1. The summed E-state index contributed by atoms with van der Waals surface area (Å²) in [4.78, 5) is 20.0. The Labute approximate surface area is 180 Å². The van der Waals surface area contributed by atoms with Crippen LogP contribution in [-0.4, -0.2) is 27.5 Å². The van der Waals surface area contributed by atoms with E-state index in [1.165, 1.54) is 12.1 Å². The predicted molar refractivity (Wildman–Crippen MR) is 111 cm³/mol. The Kier molecular flexibility index (Phi) is 5.18. The van der Waals surface area contributed by atoms with Gasteiger partial charge in [0.1, 0.15) is 11.6 Å². The maximum atomic E-state index is 13.6. The van der Waals surface area contributed by atoms with Crippen molar-refractivity contribution in [3.63, 3.8) is 0 Å². The highest BCUT2D eigenvalue weighted by Crippen LogP contribution is 2.51. The molecule has 1 saturated carbocycles. The topological polar surface area (TPSA) is 68.5 Å². The molecular weight excluding hydrogens is 397 g/mol. The summed E-state index contributed by atoms with van der Waals surface area (Å²) in [6.07, 6.45) is 4.56. The number of aromatic nitrogens is 2. The molecule has 1 saturated heterocycles. The van der Waals surface area contributed by atoms with E-state index in [4.69, 9.17) is 9.26 Å². The molecule has 0 bridgehead atoms. The first-order valence-corrected chi connectivity index (χ1v) is 10.7. The van der Waals surface area contributed by atoms with Gasteiger partial charge < -0.3 is 14.2 Å².